The van der Waals surface area contributed by atoms with Gasteiger partial charge in [-0.1, -0.05) is 0 Å². The molecule has 1 aliphatic heterocycles. The number of hydrogen-bond acceptors (Lipinski definition) is 3. The van der Waals surface area contributed by atoms with Crippen LogP contribution in [0.2, 0.25) is 0 Å². The van der Waals surface area contributed by atoms with Crippen LogP contribution in [-0.2, 0) is 9.59 Å². The Bertz CT molecular complexity index is 347. The smallest absolute Gasteiger partial charge is 0.306 e. The molecule has 19 heavy (non-hydrogen) atoms. The number of likely N-dealkylation sites (N-methyl/N-ethyl adjacent to an activating group) is 1. The summed E-state index contributed by atoms with van der Waals surface area (Å²) in [5, 5.41) is 8.94. The molecule has 1 atom stereocenters. The number of carboxylic acid groups (broad SMARTS) is 1. The maximum atomic E-state index is 12.2. The van der Waals surface area contributed by atoms with Gasteiger partial charge in [-0.15, -0.1) is 0 Å². The summed E-state index contributed by atoms with van der Waals surface area (Å²) in [5.41, 5.74) is 0. The van der Waals surface area contributed by atoms with E-state index in [9.17, 15) is 9.59 Å². The first-order valence-electron chi connectivity index (χ1n) is 7.20. The molecule has 1 saturated carbocycles. The van der Waals surface area contributed by atoms with E-state index in [-0.39, 0.29) is 11.8 Å². The summed E-state index contributed by atoms with van der Waals surface area (Å²) in [6.45, 7) is 3.81. The standard InChI is InChI=1S/C14H24N2O3/c1-10(11-3-4-11)15(2)9-13(17)16-7-5-12(6-8-16)14(18)19/h10-12H,3-9H2,1-2H3,(H,18,19). The molecule has 1 N–H and O–H groups in total. The first-order valence-corrected chi connectivity index (χ1v) is 7.20. The lowest BCUT2D eigenvalue weighted by molar-refractivity contribution is -0.146. The van der Waals surface area contributed by atoms with Gasteiger partial charge in [0.2, 0.25) is 5.91 Å². The van der Waals surface area contributed by atoms with Gasteiger partial charge in [0.25, 0.3) is 0 Å². The van der Waals surface area contributed by atoms with Gasteiger partial charge in [0.15, 0.2) is 0 Å². The summed E-state index contributed by atoms with van der Waals surface area (Å²) in [5.74, 6) is -0.104. The van der Waals surface area contributed by atoms with Crippen molar-refractivity contribution in [3.63, 3.8) is 0 Å². The first kappa shape index (κ1) is 14.3. The summed E-state index contributed by atoms with van der Waals surface area (Å²) in [6.07, 6.45) is 3.74. The third-order valence-corrected chi connectivity index (χ3v) is 4.58. The fraction of sp³-hybridized carbons (Fsp3) is 0.857. The van der Waals surface area contributed by atoms with Crippen LogP contribution in [0.4, 0.5) is 0 Å². The van der Waals surface area contributed by atoms with E-state index in [1.54, 1.807) is 0 Å². The molecular weight excluding hydrogens is 244 g/mol. The molecule has 1 amide bonds. The summed E-state index contributed by atoms with van der Waals surface area (Å²) in [7, 11) is 2.00. The Kier molecular flexibility index (Phi) is 4.45. The average Bonchev–Trinajstić information content (AvgIpc) is 3.22. The molecule has 5 heteroatoms. The highest BCUT2D eigenvalue weighted by atomic mass is 16.4. The minimum atomic E-state index is -0.730. The zero-order chi connectivity index (χ0) is 14.0. The summed E-state index contributed by atoms with van der Waals surface area (Å²) in [4.78, 5) is 27.0. The van der Waals surface area contributed by atoms with Crippen LogP contribution in [0.15, 0.2) is 0 Å². The van der Waals surface area contributed by atoms with Gasteiger partial charge in [0.05, 0.1) is 12.5 Å². The maximum absolute atomic E-state index is 12.2. The SMILES string of the molecule is CC(C1CC1)N(C)CC(=O)N1CCC(C(=O)O)CC1. The van der Waals surface area contributed by atoms with E-state index < -0.39 is 5.97 Å². The van der Waals surface area contributed by atoms with Gasteiger partial charge >= 0.3 is 5.97 Å². The number of nitrogens with zero attached hydrogens (tertiary/aromatic N) is 2. The Hall–Kier alpha value is -1.10. The number of carbonyl (C=O) groups is 2. The molecule has 1 aliphatic carbocycles. The normalized spacial score (nSPS) is 22.6. The van der Waals surface area contributed by atoms with Crippen molar-refractivity contribution in [2.45, 2.75) is 38.6 Å². The molecule has 0 bridgehead atoms. The average molecular weight is 268 g/mol. The second kappa shape index (κ2) is 5.90. The van der Waals surface area contributed by atoms with Crippen LogP contribution in [0.1, 0.15) is 32.6 Å². The monoisotopic (exact) mass is 268 g/mol. The summed E-state index contributed by atoms with van der Waals surface area (Å²) >= 11 is 0. The van der Waals surface area contributed by atoms with Crippen molar-refractivity contribution < 1.29 is 14.7 Å². The van der Waals surface area contributed by atoms with Crippen LogP contribution < -0.4 is 0 Å². The van der Waals surface area contributed by atoms with Crippen molar-refractivity contribution in [1.82, 2.24) is 9.80 Å². The molecule has 2 aliphatic rings. The summed E-state index contributed by atoms with van der Waals surface area (Å²) < 4.78 is 0. The van der Waals surface area contributed by atoms with E-state index in [0.29, 0.717) is 38.5 Å². The zero-order valence-corrected chi connectivity index (χ0v) is 11.8. The number of carbonyl (C=O) groups excluding carboxylic acids is 1. The van der Waals surface area contributed by atoms with Crippen LogP contribution in [0.5, 0.6) is 0 Å². The lowest BCUT2D eigenvalue weighted by atomic mass is 9.97. The van der Waals surface area contributed by atoms with Gasteiger partial charge in [0.1, 0.15) is 0 Å². The van der Waals surface area contributed by atoms with E-state index in [1.807, 2.05) is 11.9 Å². The number of aliphatic carboxylic acids is 1. The third kappa shape index (κ3) is 3.69. The Morgan fingerprint density at radius 3 is 2.32 bits per heavy atom. The number of amides is 1. The molecule has 0 spiro atoms. The molecule has 0 aromatic heterocycles. The van der Waals surface area contributed by atoms with Crippen LogP contribution in [0.25, 0.3) is 0 Å². The fourth-order valence-electron chi connectivity index (χ4n) is 2.77. The van der Waals surface area contributed by atoms with Crippen LogP contribution in [0, 0.1) is 11.8 Å². The van der Waals surface area contributed by atoms with Crippen molar-refractivity contribution in [3.05, 3.63) is 0 Å². The van der Waals surface area contributed by atoms with Crippen molar-refractivity contribution in [2.24, 2.45) is 11.8 Å². The van der Waals surface area contributed by atoms with Gasteiger partial charge < -0.3 is 10.0 Å². The molecular formula is C14H24N2O3. The minimum absolute atomic E-state index is 0.138. The Morgan fingerprint density at radius 2 is 1.84 bits per heavy atom. The first-order chi connectivity index (χ1) is 8.99. The molecule has 2 rings (SSSR count). The molecule has 1 heterocycles. The van der Waals surface area contributed by atoms with E-state index in [4.69, 9.17) is 5.11 Å². The van der Waals surface area contributed by atoms with E-state index >= 15 is 0 Å². The van der Waals surface area contributed by atoms with Gasteiger partial charge in [-0.2, -0.15) is 0 Å². The molecule has 1 saturated heterocycles. The highest BCUT2D eigenvalue weighted by Gasteiger charge is 2.32. The van der Waals surface area contributed by atoms with Crippen molar-refractivity contribution in [3.8, 4) is 0 Å². The van der Waals surface area contributed by atoms with Crippen LogP contribution in [0.3, 0.4) is 0 Å². The lowest BCUT2D eigenvalue weighted by Gasteiger charge is -2.32. The van der Waals surface area contributed by atoms with Crippen molar-refractivity contribution in [2.75, 3.05) is 26.7 Å². The number of piperidine rings is 1. The Labute approximate surface area is 114 Å². The topological polar surface area (TPSA) is 60.9 Å². The minimum Gasteiger partial charge on any atom is -0.481 e. The summed E-state index contributed by atoms with van der Waals surface area (Å²) in [6, 6.07) is 0.473. The zero-order valence-electron chi connectivity index (χ0n) is 11.8. The molecule has 5 nitrogen and oxygen atoms in total. The highest BCUT2D eigenvalue weighted by molar-refractivity contribution is 5.79. The Balaban J connectivity index is 1.76. The van der Waals surface area contributed by atoms with Crippen LogP contribution >= 0.6 is 0 Å². The van der Waals surface area contributed by atoms with E-state index in [2.05, 4.69) is 11.8 Å². The molecule has 1 unspecified atom stereocenters. The largest absolute Gasteiger partial charge is 0.481 e. The molecule has 0 aromatic carbocycles. The maximum Gasteiger partial charge on any atom is 0.306 e. The highest BCUT2D eigenvalue weighted by Crippen LogP contribution is 2.34. The fourth-order valence-corrected chi connectivity index (χ4v) is 2.77. The van der Waals surface area contributed by atoms with Gasteiger partial charge in [0, 0.05) is 19.1 Å². The predicted octanol–water partition coefficient (Wildman–Crippen LogP) is 1.04. The number of likely N-dealkylation sites (tertiary alicyclic amines) is 1. The molecule has 0 aromatic rings. The predicted molar refractivity (Wildman–Crippen MR) is 71.8 cm³/mol. The lowest BCUT2D eigenvalue weighted by Crippen LogP contribution is -2.46. The van der Waals surface area contributed by atoms with E-state index in [0.717, 1.165) is 5.92 Å². The van der Waals surface area contributed by atoms with E-state index in [1.165, 1.54) is 12.8 Å². The Morgan fingerprint density at radius 1 is 1.26 bits per heavy atom. The van der Waals surface area contributed by atoms with Crippen LogP contribution in [-0.4, -0.2) is 59.5 Å². The third-order valence-electron chi connectivity index (χ3n) is 4.58. The molecule has 108 valence electrons. The number of carboxylic acids is 1. The van der Waals surface area contributed by atoms with Gasteiger partial charge in [-0.25, -0.2) is 0 Å². The van der Waals surface area contributed by atoms with Gasteiger partial charge in [-0.3, -0.25) is 14.5 Å². The van der Waals surface area contributed by atoms with Crippen molar-refractivity contribution >= 4 is 11.9 Å². The second-order valence-electron chi connectivity index (χ2n) is 5.99. The van der Waals surface area contributed by atoms with Crippen molar-refractivity contribution in [1.29, 1.82) is 0 Å². The van der Waals surface area contributed by atoms with Gasteiger partial charge in [-0.05, 0) is 45.6 Å². The number of hydrogen-bond donors (Lipinski definition) is 1. The molecule has 0 radical (unpaired) electrons. The quantitative estimate of drug-likeness (QED) is 0.809. The second-order valence-corrected chi connectivity index (χ2v) is 5.99. The molecule has 2 fully saturated rings. The number of rotatable bonds is 5.